The number of piperidine rings is 1. The molecule has 26 heavy (non-hydrogen) atoms. The van der Waals surface area contributed by atoms with Crippen molar-refractivity contribution >= 4 is 12.1 Å². The van der Waals surface area contributed by atoms with Crippen molar-refractivity contribution in [3.63, 3.8) is 0 Å². The molecule has 7 nitrogen and oxygen atoms in total. The lowest BCUT2D eigenvalue weighted by Crippen LogP contribution is -2.50. The maximum Gasteiger partial charge on any atom is 0.410 e. The van der Waals surface area contributed by atoms with Gasteiger partial charge in [0.1, 0.15) is 5.60 Å². The Hall–Kier alpha value is -1.34. The second-order valence-electron chi connectivity index (χ2n) is 8.04. The van der Waals surface area contributed by atoms with Crippen LogP contribution in [-0.4, -0.2) is 61.8 Å². The van der Waals surface area contributed by atoms with Crippen LogP contribution in [0, 0.1) is 5.92 Å². The highest BCUT2D eigenvalue weighted by atomic mass is 16.7. The molecule has 2 aliphatic rings. The van der Waals surface area contributed by atoms with E-state index in [1.165, 1.54) is 7.11 Å². The van der Waals surface area contributed by atoms with Gasteiger partial charge in [0.05, 0.1) is 19.6 Å². The van der Waals surface area contributed by atoms with E-state index in [9.17, 15) is 9.59 Å². The zero-order valence-corrected chi connectivity index (χ0v) is 16.5. The lowest BCUT2D eigenvalue weighted by Gasteiger charge is -2.39. The van der Waals surface area contributed by atoms with Crippen molar-refractivity contribution in [3.8, 4) is 0 Å². The number of methoxy groups -OCH3 is 1. The summed E-state index contributed by atoms with van der Waals surface area (Å²) in [7, 11) is 1.38. The number of hydrogen-bond acceptors (Lipinski definition) is 6. The molecule has 2 aliphatic heterocycles. The molecule has 150 valence electrons. The summed E-state index contributed by atoms with van der Waals surface area (Å²) in [6.07, 6.45) is 4.75. The zero-order valence-electron chi connectivity index (χ0n) is 16.5. The van der Waals surface area contributed by atoms with E-state index in [-0.39, 0.29) is 30.3 Å². The molecule has 0 aromatic carbocycles. The topological polar surface area (TPSA) is 74.3 Å². The summed E-state index contributed by atoms with van der Waals surface area (Å²) in [4.78, 5) is 26.2. The van der Waals surface area contributed by atoms with Crippen LogP contribution in [0.15, 0.2) is 0 Å². The van der Waals surface area contributed by atoms with Crippen molar-refractivity contribution in [2.45, 2.75) is 77.2 Å². The molecule has 0 radical (unpaired) electrons. The van der Waals surface area contributed by atoms with E-state index < -0.39 is 5.60 Å². The number of esters is 1. The lowest BCUT2D eigenvalue weighted by molar-refractivity contribution is -0.165. The van der Waals surface area contributed by atoms with Gasteiger partial charge in [-0.05, 0) is 59.3 Å². The zero-order chi connectivity index (χ0) is 19.2. The van der Waals surface area contributed by atoms with Crippen LogP contribution in [0.2, 0.25) is 0 Å². The van der Waals surface area contributed by atoms with Crippen LogP contribution in [0.1, 0.15) is 59.3 Å². The summed E-state index contributed by atoms with van der Waals surface area (Å²) in [6, 6.07) is -0.00523. The molecule has 0 spiro atoms. The van der Waals surface area contributed by atoms with E-state index in [0.717, 1.165) is 32.3 Å². The third-order valence-corrected chi connectivity index (χ3v) is 4.76. The Kier molecular flexibility index (Phi) is 7.70. The largest absolute Gasteiger partial charge is 0.469 e. The smallest absolute Gasteiger partial charge is 0.410 e. The molecule has 2 heterocycles. The third-order valence-electron chi connectivity index (χ3n) is 4.76. The van der Waals surface area contributed by atoms with Gasteiger partial charge in [0, 0.05) is 19.2 Å². The number of likely N-dealkylation sites (tertiary alicyclic amines) is 1. The average molecular weight is 371 g/mol. The van der Waals surface area contributed by atoms with Gasteiger partial charge in [0.25, 0.3) is 0 Å². The Labute approximate surface area is 156 Å². The summed E-state index contributed by atoms with van der Waals surface area (Å²) in [6.45, 7) is 7.12. The number of ether oxygens (including phenoxy) is 4. The highest BCUT2D eigenvalue weighted by Gasteiger charge is 2.37. The second-order valence-corrected chi connectivity index (χ2v) is 8.04. The first-order chi connectivity index (χ1) is 12.3. The van der Waals surface area contributed by atoms with Crippen molar-refractivity contribution in [2.24, 2.45) is 5.92 Å². The molecule has 2 fully saturated rings. The molecule has 3 unspecified atom stereocenters. The van der Waals surface area contributed by atoms with Gasteiger partial charge < -0.3 is 23.8 Å². The van der Waals surface area contributed by atoms with E-state index in [2.05, 4.69) is 0 Å². The van der Waals surface area contributed by atoms with Gasteiger partial charge in [-0.25, -0.2) is 4.79 Å². The minimum Gasteiger partial charge on any atom is -0.469 e. The molecule has 3 atom stereocenters. The number of carbonyl (C=O) groups is 2. The average Bonchev–Trinajstić information content (AvgIpc) is 2.60. The van der Waals surface area contributed by atoms with Crippen LogP contribution in [0.3, 0.4) is 0 Å². The van der Waals surface area contributed by atoms with Gasteiger partial charge >= 0.3 is 12.1 Å². The Bertz CT molecular complexity index is 469. The number of rotatable bonds is 5. The predicted molar refractivity (Wildman–Crippen MR) is 95.6 cm³/mol. The van der Waals surface area contributed by atoms with Crippen LogP contribution in [0.4, 0.5) is 4.79 Å². The van der Waals surface area contributed by atoms with Gasteiger partial charge in [0.2, 0.25) is 0 Å². The summed E-state index contributed by atoms with van der Waals surface area (Å²) in [5, 5.41) is 0. The van der Waals surface area contributed by atoms with Crippen LogP contribution in [0.25, 0.3) is 0 Å². The minimum atomic E-state index is -0.577. The predicted octanol–water partition coefficient (Wildman–Crippen LogP) is 3.11. The van der Waals surface area contributed by atoms with Crippen LogP contribution in [-0.2, 0) is 23.7 Å². The summed E-state index contributed by atoms with van der Waals surface area (Å²) in [5.74, 6) is -0.574. The van der Waals surface area contributed by atoms with Gasteiger partial charge in [-0.3, -0.25) is 4.79 Å². The fraction of sp³-hybridized carbons (Fsp3) is 0.895. The highest BCUT2D eigenvalue weighted by Crippen LogP contribution is 2.27. The van der Waals surface area contributed by atoms with Crippen molar-refractivity contribution in [1.29, 1.82) is 0 Å². The summed E-state index contributed by atoms with van der Waals surface area (Å²) >= 11 is 0. The number of nitrogens with zero attached hydrogens (tertiary/aromatic N) is 1. The van der Waals surface area contributed by atoms with Crippen LogP contribution in [0.5, 0.6) is 0 Å². The standard InChI is InChI=1S/C19H33NO6/c1-19(2,3)26-18(22)20-13-14(17(21)23-4)8-9-15(20)10-12-25-16-7-5-6-11-24-16/h14-16H,5-13H2,1-4H3. The van der Waals surface area contributed by atoms with E-state index in [1.54, 1.807) is 4.90 Å². The highest BCUT2D eigenvalue weighted by molar-refractivity contribution is 5.75. The first-order valence-corrected chi connectivity index (χ1v) is 9.61. The SMILES string of the molecule is COC(=O)C1CCC(CCOC2CCCCO2)N(C(=O)OC(C)(C)C)C1. The number of carbonyl (C=O) groups excluding carboxylic acids is 2. The Morgan fingerprint density at radius 3 is 2.54 bits per heavy atom. The molecule has 2 saturated heterocycles. The molecular weight excluding hydrogens is 338 g/mol. The maximum absolute atomic E-state index is 12.6. The first-order valence-electron chi connectivity index (χ1n) is 9.61. The third kappa shape index (κ3) is 6.43. The molecule has 0 aliphatic carbocycles. The fourth-order valence-corrected chi connectivity index (χ4v) is 3.41. The monoisotopic (exact) mass is 371 g/mol. The van der Waals surface area contributed by atoms with Crippen LogP contribution < -0.4 is 0 Å². The number of hydrogen-bond donors (Lipinski definition) is 0. The Morgan fingerprint density at radius 1 is 1.15 bits per heavy atom. The van der Waals surface area contributed by atoms with Crippen LogP contribution >= 0.6 is 0 Å². The summed E-state index contributed by atoms with van der Waals surface area (Å²) in [5.41, 5.74) is -0.577. The minimum absolute atomic E-state index is 0.00523. The Morgan fingerprint density at radius 2 is 1.92 bits per heavy atom. The quantitative estimate of drug-likeness (QED) is 0.691. The van der Waals surface area contributed by atoms with Gasteiger partial charge in [-0.15, -0.1) is 0 Å². The molecule has 0 saturated carbocycles. The molecule has 0 N–H and O–H groups in total. The fourth-order valence-electron chi connectivity index (χ4n) is 3.41. The summed E-state index contributed by atoms with van der Waals surface area (Å²) < 4.78 is 21.8. The van der Waals surface area contributed by atoms with Crippen molar-refractivity contribution in [2.75, 3.05) is 26.9 Å². The molecule has 0 aromatic heterocycles. The van der Waals surface area contributed by atoms with Crippen molar-refractivity contribution in [1.82, 2.24) is 4.90 Å². The lowest BCUT2D eigenvalue weighted by atomic mass is 9.91. The van der Waals surface area contributed by atoms with Gasteiger partial charge in [0.15, 0.2) is 6.29 Å². The maximum atomic E-state index is 12.6. The molecule has 2 rings (SSSR count). The molecular formula is C19H33NO6. The van der Waals surface area contributed by atoms with E-state index >= 15 is 0 Å². The second kappa shape index (κ2) is 9.55. The van der Waals surface area contributed by atoms with E-state index in [4.69, 9.17) is 18.9 Å². The molecule has 0 aromatic rings. The first kappa shape index (κ1) is 21.0. The van der Waals surface area contributed by atoms with Gasteiger partial charge in [-0.2, -0.15) is 0 Å². The van der Waals surface area contributed by atoms with Gasteiger partial charge in [-0.1, -0.05) is 0 Å². The van der Waals surface area contributed by atoms with E-state index in [0.29, 0.717) is 26.0 Å². The molecule has 0 bridgehead atoms. The molecule has 7 heteroatoms. The van der Waals surface area contributed by atoms with Crippen molar-refractivity contribution < 1.29 is 28.5 Å². The van der Waals surface area contributed by atoms with E-state index in [1.807, 2.05) is 20.8 Å². The number of amides is 1. The normalized spacial score (nSPS) is 27.1. The molecule has 1 amide bonds. The Balaban J connectivity index is 1.92. The van der Waals surface area contributed by atoms with Crippen molar-refractivity contribution in [3.05, 3.63) is 0 Å².